The molecule has 1 saturated heterocycles. The van der Waals surface area contributed by atoms with E-state index in [4.69, 9.17) is 4.74 Å². The second-order valence-electron chi connectivity index (χ2n) is 5.44. The van der Waals surface area contributed by atoms with Gasteiger partial charge in [0.1, 0.15) is 10.6 Å². The third-order valence-corrected chi connectivity index (χ3v) is 5.38. The van der Waals surface area contributed by atoms with Crippen LogP contribution in [0.5, 0.6) is 0 Å². The van der Waals surface area contributed by atoms with Crippen LogP contribution in [0.25, 0.3) is 0 Å². The number of carbonyl (C=O) groups excluding carboxylic acids is 1. The fraction of sp³-hybridized carbons (Fsp3) is 0.533. The third-order valence-electron chi connectivity index (χ3n) is 3.91. The van der Waals surface area contributed by atoms with Gasteiger partial charge in [0.05, 0.1) is 6.61 Å². The largest absolute Gasteiger partial charge is 0.465 e. The Labute approximate surface area is 135 Å². The molecule has 0 atom stereocenters. The van der Waals surface area contributed by atoms with E-state index in [-0.39, 0.29) is 11.8 Å². The van der Waals surface area contributed by atoms with Gasteiger partial charge in [-0.15, -0.1) is 11.8 Å². The quantitative estimate of drug-likeness (QED) is 0.666. The van der Waals surface area contributed by atoms with Crippen LogP contribution in [0.2, 0.25) is 6.82 Å². The number of thioether (sulfide) groups is 1. The predicted octanol–water partition coefficient (Wildman–Crippen LogP) is 2.43. The SMILES string of the molecule is CCOC(=O)C1(Sc2ccc(F)cc2)CCN(B(C)O)CC1. The first-order chi connectivity index (χ1) is 10.5. The molecule has 1 aromatic carbocycles. The second-order valence-corrected chi connectivity index (χ2v) is 6.90. The van der Waals surface area contributed by atoms with Crippen LogP contribution in [0.1, 0.15) is 19.8 Å². The summed E-state index contributed by atoms with van der Waals surface area (Å²) in [6, 6.07) is 6.16. The first-order valence-electron chi connectivity index (χ1n) is 7.51. The Hall–Kier alpha value is -1.05. The van der Waals surface area contributed by atoms with E-state index in [0.717, 1.165) is 4.90 Å². The molecule has 7 heteroatoms. The molecule has 0 unspecified atom stereocenters. The zero-order valence-corrected chi connectivity index (χ0v) is 13.7. The molecule has 0 amide bonds. The molecular formula is C15H21BFNO3S. The minimum absolute atomic E-state index is 0.227. The van der Waals surface area contributed by atoms with Crippen LogP contribution in [0, 0.1) is 5.82 Å². The molecule has 0 saturated carbocycles. The predicted molar refractivity (Wildman–Crippen MR) is 86.3 cm³/mol. The molecule has 120 valence electrons. The van der Waals surface area contributed by atoms with Crippen molar-refractivity contribution >= 4 is 24.8 Å². The molecule has 0 aliphatic carbocycles. The number of ether oxygens (including phenoxy) is 1. The fourth-order valence-corrected chi connectivity index (χ4v) is 3.85. The lowest BCUT2D eigenvalue weighted by molar-refractivity contribution is -0.147. The number of hydrogen-bond donors (Lipinski definition) is 1. The van der Waals surface area contributed by atoms with E-state index in [2.05, 4.69) is 0 Å². The summed E-state index contributed by atoms with van der Waals surface area (Å²) in [7, 11) is -0.518. The van der Waals surface area contributed by atoms with Crippen LogP contribution in [0.3, 0.4) is 0 Å². The number of hydrogen-bond acceptors (Lipinski definition) is 5. The highest BCUT2D eigenvalue weighted by Gasteiger charge is 2.44. The zero-order valence-electron chi connectivity index (χ0n) is 12.9. The van der Waals surface area contributed by atoms with Crippen molar-refractivity contribution in [2.24, 2.45) is 0 Å². The van der Waals surface area contributed by atoms with E-state index in [1.54, 1.807) is 25.9 Å². The molecule has 2 rings (SSSR count). The average molecular weight is 325 g/mol. The first-order valence-corrected chi connectivity index (χ1v) is 8.32. The molecule has 0 spiro atoms. The minimum Gasteiger partial charge on any atom is -0.465 e. The van der Waals surface area contributed by atoms with Gasteiger partial charge in [-0.05, 0) is 63.9 Å². The Morgan fingerprint density at radius 3 is 2.50 bits per heavy atom. The smallest absolute Gasteiger partial charge is 0.376 e. The van der Waals surface area contributed by atoms with Crippen molar-refractivity contribution in [3.05, 3.63) is 30.1 Å². The number of nitrogens with zero attached hydrogens (tertiary/aromatic N) is 1. The van der Waals surface area contributed by atoms with E-state index in [9.17, 15) is 14.2 Å². The van der Waals surface area contributed by atoms with Crippen LogP contribution >= 0.6 is 11.8 Å². The topological polar surface area (TPSA) is 49.8 Å². The lowest BCUT2D eigenvalue weighted by Gasteiger charge is -2.39. The first kappa shape index (κ1) is 17.3. The fourth-order valence-electron chi connectivity index (χ4n) is 2.60. The molecule has 1 aliphatic heterocycles. The van der Waals surface area contributed by atoms with Gasteiger partial charge in [-0.2, -0.15) is 0 Å². The van der Waals surface area contributed by atoms with Crippen molar-refractivity contribution in [1.82, 2.24) is 4.81 Å². The summed E-state index contributed by atoms with van der Waals surface area (Å²) >= 11 is 1.43. The summed E-state index contributed by atoms with van der Waals surface area (Å²) in [5.74, 6) is -0.520. The monoisotopic (exact) mass is 325 g/mol. The Balaban J connectivity index is 2.16. The van der Waals surface area contributed by atoms with E-state index < -0.39 is 11.8 Å². The Bertz CT molecular complexity index is 504. The van der Waals surface area contributed by atoms with Gasteiger partial charge in [0.25, 0.3) is 0 Å². The van der Waals surface area contributed by atoms with E-state index in [0.29, 0.717) is 32.5 Å². The molecule has 4 nitrogen and oxygen atoms in total. The maximum Gasteiger partial charge on any atom is 0.376 e. The Morgan fingerprint density at radius 1 is 1.41 bits per heavy atom. The number of halogens is 1. The van der Waals surface area contributed by atoms with E-state index in [1.165, 1.54) is 23.9 Å². The number of carbonyl (C=O) groups is 1. The van der Waals surface area contributed by atoms with Crippen molar-refractivity contribution in [3.8, 4) is 0 Å². The summed E-state index contributed by atoms with van der Waals surface area (Å²) < 4.78 is 17.6. The molecule has 1 heterocycles. The molecule has 0 radical (unpaired) electrons. The summed E-state index contributed by atoms with van der Waals surface area (Å²) in [6.07, 6.45) is 1.19. The standard InChI is InChI=1S/C15H21BFNO3S/c1-3-21-14(19)15(8-10-18(11-9-15)16(2)20)22-13-6-4-12(17)5-7-13/h4-7,20H,3,8-11H2,1-2H3. The van der Waals surface area contributed by atoms with Gasteiger partial charge in [0.15, 0.2) is 0 Å². The van der Waals surface area contributed by atoms with Crippen molar-refractivity contribution in [2.45, 2.75) is 36.2 Å². The molecule has 22 heavy (non-hydrogen) atoms. The van der Waals surface area contributed by atoms with Crippen LogP contribution in [0.15, 0.2) is 29.2 Å². The van der Waals surface area contributed by atoms with Crippen molar-refractivity contribution in [1.29, 1.82) is 0 Å². The highest BCUT2D eigenvalue weighted by molar-refractivity contribution is 8.01. The lowest BCUT2D eigenvalue weighted by Crippen LogP contribution is -2.51. The molecule has 1 N–H and O–H groups in total. The third kappa shape index (κ3) is 4.03. The number of piperidine rings is 1. The number of benzene rings is 1. The molecule has 1 fully saturated rings. The van der Waals surface area contributed by atoms with Crippen molar-refractivity contribution < 1.29 is 18.9 Å². The molecule has 1 aromatic rings. The van der Waals surface area contributed by atoms with Crippen LogP contribution < -0.4 is 0 Å². The summed E-state index contributed by atoms with van der Waals surface area (Å²) in [4.78, 5) is 15.3. The highest BCUT2D eigenvalue weighted by atomic mass is 32.2. The van der Waals surface area contributed by atoms with E-state index in [1.807, 2.05) is 4.81 Å². The van der Waals surface area contributed by atoms with Gasteiger partial charge >= 0.3 is 13.0 Å². The molecule has 0 bridgehead atoms. The lowest BCUT2D eigenvalue weighted by atomic mass is 9.80. The van der Waals surface area contributed by atoms with Gasteiger partial charge in [-0.25, -0.2) is 4.39 Å². The number of esters is 1. The van der Waals surface area contributed by atoms with Crippen molar-refractivity contribution in [3.63, 3.8) is 0 Å². The molecular weight excluding hydrogens is 304 g/mol. The zero-order chi connectivity index (χ0) is 16.2. The minimum atomic E-state index is -0.667. The maximum absolute atomic E-state index is 13.0. The van der Waals surface area contributed by atoms with Crippen LogP contribution in [-0.2, 0) is 9.53 Å². The van der Waals surface area contributed by atoms with E-state index >= 15 is 0 Å². The summed E-state index contributed by atoms with van der Waals surface area (Å²) in [5, 5.41) is 9.67. The van der Waals surface area contributed by atoms with Gasteiger partial charge in [-0.3, -0.25) is 4.79 Å². The Morgan fingerprint density at radius 2 is 2.00 bits per heavy atom. The van der Waals surface area contributed by atoms with Gasteiger partial charge < -0.3 is 14.6 Å². The Kier molecular flexibility index (Phi) is 5.89. The van der Waals surface area contributed by atoms with Crippen molar-refractivity contribution in [2.75, 3.05) is 19.7 Å². The van der Waals surface area contributed by atoms with Gasteiger partial charge in [-0.1, -0.05) is 0 Å². The summed E-state index contributed by atoms with van der Waals surface area (Å²) in [6.45, 7) is 5.11. The molecule has 1 aliphatic rings. The normalized spacial score (nSPS) is 18.0. The van der Waals surface area contributed by atoms with Crippen LogP contribution in [-0.4, -0.2) is 47.3 Å². The maximum atomic E-state index is 13.0. The van der Waals surface area contributed by atoms with Gasteiger partial charge in [0.2, 0.25) is 0 Å². The van der Waals surface area contributed by atoms with Gasteiger partial charge in [0, 0.05) is 4.90 Å². The van der Waals surface area contributed by atoms with Crippen LogP contribution in [0.4, 0.5) is 4.39 Å². The number of rotatable bonds is 5. The average Bonchev–Trinajstić information content (AvgIpc) is 2.50. The highest BCUT2D eigenvalue weighted by Crippen LogP contribution is 2.42. The summed E-state index contributed by atoms with van der Waals surface area (Å²) in [5.41, 5.74) is 0. The molecule has 0 aromatic heterocycles. The second kappa shape index (κ2) is 7.48.